The molecule has 20 aromatic rings. The first kappa shape index (κ1) is 61.2. The Morgan fingerprint density at radius 3 is 0.837 bits per heavy atom. The summed E-state index contributed by atoms with van der Waals surface area (Å²) in [5.41, 5.74) is 25.0. The third kappa shape index (κ3) is 11.0. The van der Waals surface area contributed by atoms with Crippen molar-refractivity contribution in [2.24, 2.45) is 0 Å². The van der Waals surface area contributed by atoms with Gasteiger partial charge in [-0.2, -0.15) is 0 Å². The van der Waals surface area contributed by atoms with E-state index >= 15 is 0 Å². The van der Waals surface area contributed by atoms with Crippen LogP contribution in [-0.4, -0.2) is 9.13 Å². The molecule has 0 aliphatic heterocycles. The minimum absolute atomic E-state index is 0.333. The fraction of sp³-hybridized carbons (Fsp3) is 0. The third-order valence-corrected chi connectivity index (χ3v) is 20.4. The zero-order valence-corrected chi connectivity index (χ0v) is 56.3. The molecule has 6 nitrogen and oxygen atoms in total. The first-order chi connectivity index (χ1) is 51.3. The molecule has 0 N–H and O–H groups in total. The second-order valence-electron chi connectivity index (χ2n) is 26.6. The molecule has 20 rings (SSSR count). The van der Waals surface area contributed by atoms with E-state index in [0.29, 0.717) is 21.9 Å². The molecule has 0 bridgehead atoms. The van der Waals surface area contributed by atoms with Crippen LogP contribution in [-0.2, 0) is 0 Å². The SMILES string of the molecule is O=c1oc2ccc(-c3cc(-c4ccccc4)cc(-c4ccccc4)c3)cc2c2cc(-c3ccc4c(c3)c3ccccc3n4-c3ccccc3)ccc12.O=c1oc2ccc(-c3cc(-c4ccccc4)cc(-c4ccccc4)c3)cc2c2ccc(-c3ccc4c(c3)c3ccccc3n4-c3ccccc3)cc12. The number of hydrogen-bond acceptors (Lipinski definition) is 4. The first-order valence-corrected chi connectivity index (χ1v) is 35.1. The second-order valence-corrected chi connectivity index (χ2v) is 26.6. The van der Waals surface area contributed by atoms with Crippen LogP contribution in [0.1, 0.15) is 0 Å². The Morgan fingerprint density at radius 2 is 0.433 bits per heavy atom. The molecule has 0 amide bonds. The fourth-order valence-electron chi connectivity index (χ4n) is 15.4. The molecule has 4 aromatic heterocycles. The first-order valence-electron chi connectivity index (χ1n) is 35.1. The van der Waals surface area contributed by atoms with Crippen LogP contribution in [0.4, 0.5) is 0 Å². The zero-order chi connectivity index (χ0) is 69.2. The van der Waals surface area contributed by atoms with E-state index in [1.54, 1.807) is 0 Å². The van der Waals surface area contributed by atoms with Gasteiger partial charge < -0.3 is 18.0 Å². The summed E-state index contributed by atoms with van der Waals surface area (Å²) in [5, 5.41) is 9.44. The highest BCUT2D eigenvalue weighted by Gasteiger charge is 2.20. The predicted octanol–water partition coefficient (Wildman–Crippen LogP) is 25.4. The van der Waals surface area contributed by atoms with E-state index < -0.39 is 0 Å². The van der Waals surface area contributed by atoms with Crippen LogP contribution in [0.5, 0.6) is 0 Å². The summed E-state index contributed by atoms with van der Waals surface area (Å²) in [5.74, 6) is 0. The molecule has 0 fully saturated rings. The topological polar surface area (TPSA) is 70.3 Å². The highest BCUT2D eigenvalue weighted by molar-refractivity contribution is 6.14. The van der Waals surface area contributed by atoms with Crippen LogP contribution < -0.4 is 11.3 Å². The van der Waals surface area contributed by atoms with E-state index in [9.17, 15) is 9.59 Å². The van der Waals surface area contributed by atoms with Crippen LogP contribution in [0.3, 0.4) is 0 Å². The van der Waals surface area contributed by atoms with Crippen molar-refractivity contribution in [2.45, 2.75) is 0 Å². The van der Waals surface area contributed by atoms with Gasteiger partial charge in [0.1, 0.15) is 11.2 Å². The minimum Gasteiger partial charge on any atom is -0.422 e. The van der Waals surface area contributed by atoms with Gasteiger partial charge in [-0.1, -0.05) is 237 Å². The number of hydrogen-bond donors (Lipinski definition) is 0. The van der Waals surface area contributed by atoms with Crippen molar-refractivity contribution in [1.82, 2.24) is 9.13 Å². The molecule has 104 heavy (non-hydrogen) atoms. The number of nitrogens with zero attached hydrogens (tertiary/aromatic N) is 2. The molecule has 0 saturated carbocycles. The smallest absolute Gasteiger partial charge is 0.344 e. The maximum atomic E-state index is 13.5. The Hall–Kier alpha value is -13.9. The lowest BCUT2D eigenvalue weighted by molar-refractivity contribution is 0.569. The average molecular weight is 1330 g/mol. The molecule has 4 heterocycles. The normalized spacial score (nSPS) is 11.5. The Bertz CT molecular complexity index is 6740. The highest BCUT2D eigenvalue weighted by atomic mass is 16.4. The highest BCUT2D eigenvalue weighted by Crippen LogP contribution is 2.42. The lowest BCUT2D eigenvalue weighted by Crippen LogP contribution is -2.00. The maximum Gasteiger partial charge on any atom is 0.344 e. The lowest BCUT2D eigenvalue weighted by Gasteiger charge is -2.13. The molecule has 0 aliphatic rings. The number of rotatable bonds is 10. The summed E-state index contributed by atoms with van der Waals surface area (Å²) in [6, 6.07) is 131. The van der Waals surface area contributed by atoms with Gasteiger partial charge in [0.2, 0.25) is 0 Å². The van der Waals surface area contributed by atoms with E-state index in [1.807, 2.05) is 72.8 Å². The summed E-state index contributed by atoms with van der Waals surface area (Å²) in [6.07, 6.45) is 0. The molecule has 0 spiro atoms. The zero-order valence-electron chi connectivity index (χ0n) is 56.3. The maximum absolute atomic E-state index is 13.5. The van der Waals surface area contributed by atoms with E-state index in [4.69, 9.17) is 8.83 Å². The summed E-state index contributed by atoms with van der Waals surface area (Å²) in [7, 11) is 0. The molecule has 6 heteroatoms. The Labute approximate surface area is 598 Å². The van der Waals surface area contributed by atoms with Crippen molar-refractivity contribution in [1.29, 1.82) is 0 Å². The molecular weight excluding hydrogens is 1270 g/mol. The van der Waals surface area contributed by atoms with E-state index in [2.05, 4.69) is 312 Å². The summed E-state index contributed by atoms with van der Waals surface area (Å²) >= 11 is 0. The minimum atomic E-state index is -0.337. The summed E-state index contributed by atoms with van der Waals surface area (Å²) in [4.78, 5) is 26.8. The Balaban J connectivity index is 0.000000143. The second kappa shape index (κ2) is 25.7. The standard InChI is InChI=1S/2C49H31NO2/c51-49-45-31-34(35-21-24-47-43(29-35)42-18-10-11-19-46(42)50(47)40-16-8-3-9-17-40)20-23-41(45)44-30-36(22-25-48(44)52-49)39-27-37(32-12-4-1-5-13-32)26-38(28-39)33-14-6-2-7-15-33;51-49-42-23-20-34(35-21-24-47-44(30-35)41-18-10-11-19-46(41)50(47)40-16-8-3-9-17-40)29-43(42)45-31-36(22-25-48(45)52-49)39-27-37(32-12-4-1-5-13-32)26-38(28-39)33-14-6-2-7-15-33/h2*1-31H. The van der Waals surface area contributed by atoms with Crippen LogP contribution in [0.25, 0.3) is 187 Å². The van der Waals surface area contributed by atoms with Gasteiger partial charge in [-0.05, 0) is 234 Å². The van der Waals surface area contributed by atoms with Crippen LogP contribution >= 0.6 is 0 Å². The molecule has 0 atom stereocenters. The molecule has 0 saturated heterocycles. The molecule has 0 aliphatic carbocycles. The van der Waals surface area contributed by atoms with Crippen LogP contribution in [0.2, 0.25) is 0 Å². The van der Waals surface area contributed by atoms with E-state index in [-0.39, 0.29) is 11.3 Å². The molecule has 488 valence electrons. The largest absolute Gasteiger partial charge is 0.422 e. The number of para-hydroxylation sites is 4. The number of fused-ring (bicyclic) bond motifs is 12. The Morgan fingerprint density at radius 1 is 0.163 bits per heavy atom. The average Bonchev–Trinajstić information content (AvgIpc) is 1.66. The lowest BCUT2D eigenvalue weighted by atomic mass is 9.92. The van der Waals surface area contributed by atoms with Crippen LogP contribution in [0, 0.1) is 0 Å². The summed E-state index contributed by atoms with van der Waals surface area (Å²) < 4.78 is 16.5. The van der Waals surface area contributed by atoms with Crippen molar-refractivity contribution >= 4 is 87.1 Å². The van der Waals surface area contributed by atoms with Crippen molar-refractivity contribution in [3.05, 3.63) is 397 Å². The van der Waals surface area contributed by atoms with Gasteiger partial charge in [0, 0.05) is 49.1 Å². The van der Waals surface area contributed by atoms with Crippen molar-refractivity contribution in [3.63, 3.8) is 0 Å². The number of aromatic nitrogens is 2. The predicted molar refractivity (Wildman–Crippen MR) is 432 cm³/mol. The van der Waals surface area contributed by atoms with Gasteiger partial charge in [0.05, 0.1) is 32.8 Å². The molecule has 0 radical (unpaired) electrons. The van der Waals surface area contributed by atoms with Gasteiger partial charge >= 0.3 is 11.3 Å². The number of benzene rings is 16. The third-order valence-electron chi connectivity index (χ3n) is 20.4. The van der Waals surface area contributed by atoms with Gasteiger partial charge in [0.25, 0.3) is 0 Å². The van der Waals surface area contributed by atoms with E-state index in [1.165, 1.54) is 27.1 Å². The van der Waals surface area contributed by atoms with E-state index in [0.717, 1.165) is 138 Å². The quantitative estimate of drug-likeness (QED) is 0.101. The molecular formula is C98H62N2O4. The van der Waals surface area contributed by atoms with Gasteiger partial charge in [-0.15, -0.1) is 0 Å². The fourth-order valence-corrected chi connectivity index (χ4v) is 15.4. The van der Waals surface area contributed by atoms with Crippen LogP contribution in [0.15, 0.2) is 395 Å². The molecule has 0 unspecified atom stereocenters. The Kier molecular flexibility index (Phi) is 15.1. The van der Waals surface area contributed by atoms with Crippen molar-refractivity contribution in [2.75, 3.05) is 0 Å². The van der Waals surface area contributed by atoms with Gasteiger partial charge in [-0.3, -0.25) is 0 Å². The van der Waals surface area contributed by atoms with Gasteiger partial charge in [0.15, 0.2) is 0 Å². The molecule has 16 aromatic carbocycles. The van der Waals surface area contributed by atoms with Crippen molar-refractivity contribution < 1.29 is 8.83 Å². The van der Waals surface area contributed by atoms with Crippen molar-refractivity contribution in [3.8, 4) is 100 Å². The summed E-state index contributed by atoms with van der Waals surface area (Å²) in [6.45, 7) is 0. The van der Waals surface area contributed by atoms with Gasteiger partial charge in [-0.25, -0.2) is 9.59 Å². The monoisotopic (exact) mass is 1330 g/mol.